The van der Waals surface area contributed by atoms with E-state index >= 15 is 0 Å². The van der Waals surface area contributed by atoms with Gasteiger partial charge in [-0.2, -0.15) is 0 Å². The van der Waals surface area contributed by atoms with Gasteiger partial charge < -0.3 is 15.8 Å². The molecule has 4 nitrogen and oxygen atoms in total. The molecular formula is C16H19ClN2O2. The molecule has 0 aromatic heterocycles. The lowest BCUT2D eigenvalue weighted by atomic mass is 10.1. The Kier molecular flexibility index (Phi) is 6.72. The molecule has 0 fully saturated rings. The molecule has 5 heteroatoms. The number of nitrogens with one attached hydrogen (secondary N) is 1. The van der Waals surface area contributed by atoms with E-state index in [4.69, 9.17) is 10.5 Å². The van der Waals surface area contributed by atoms with Gasteiger partial charge in [-0.25, -0.2) is 0 Å². The van der Waals surface area contributed by atoms with E-state index in [0.29, 0.717) is 12.1 Å². The van der Waals surface area contributed by atoms with E-state index in [1.54, 1.807) is 31.4 Å². The number of hydrogen-bond acceptors (Lipinski definition) is 3. The summed E-state index contributed by atoms with van der Waals surface area (Å²) in [7, 11) is 1.60. The average Bonchev–Trinajstić information content (AvgIpc) is 2.49. The van der Waals surface area contributed by atoms with Gasteiger partial charge in [0.2, 0.25) is 5.91 Å². The van der Waals surface area contributed by atoms with E-state index in [1.165, 1.54) is 0 Å². The number of benzene rings is 2. The van der Waals surface area contributed by atoms with Crippen LogP contribution in [0.2, 0.25) is 0 Å². The lowest BCUT2D eigenvalue weighted by Gasteiger charge is -2.12. The first-order chi connectivity index (χ1) is 9.69. The SMILES string of the molecule is COc1ccc(NC(=O)C(N)Cc2ccccc2)cc1.Cl. The maximum atomic E-state index is 12.0. The predicted molar refractivity (Wildman–Crippen MR) is 87.0 cm³/mol. The fourth-order valence-electron chi connectivity index (χ4n) is 1.87. The number of carbonyl (C=O) groups excluding carboxylic acids is 1. The van der Waals surface area contributed by atoms with Gasteiger partial charge in [-0.05, 0) is 36.2 Å². The third-order valence-corrected chi connectivity index (χ3v) is 2.99. The highest BCUT2D eigenvalue weighted by Gasteiger charge is 2.14. The third-order valence-electron chi connectivity index (χ3n) is 2.99. The molecule has 3 N–H and O–H groups in total. The van der Waals surface area contributed by atoms with Crippen molar-refractivity contribution in [3.05, 3.63) is 60.2 Å². The van der Waals surface area contributed by atoms with Crippen molar-refractivity contribution in [2.75, 3.05) is 12.4 Å². The van der Waals surface area contributed by atoms with Crippen LogP contribution in [0.15, 0.2) is 54.6 Å². The first-order valence-electron chi connectivity index (χ1n) is 6.43. The number of ether oxygens (including phenoxy) is 1. The minimum Gasteiger partial charge on any atom is -0.497 e. The molecule has 0 heterocycles. The molecule has 21 heavy (non-hydrogen) atoms. The smallest absolute Gasteiger partial charge is 0.241 e. The first-order valence-corrected chi connectivity index (χ1v) is 6.43. The minimum atomic E-state index is -0.570. The number of hydrogen-bond donors (Lipinski definition) is 2. The van der Waals surface area contributed by atoms with Crippen LogP contribution < -0.4 is 15.8 Å². The molecule has 1 atom stereocenters. The first kappa shape index (κ1) is 17.0. The maximum absolute atomic E-state index is 12.0. The summed E-state index contributed by atoms with van der Waals surface area (Å²) in [5, 5.41) is 2.79. The van der Waals surface area contributed by atoms with E-state index in [0.717, 1.165) is 11.3 Å². The normalized spacial score (nSPS) is 11.1. The van der Waals surface area contributed by atoms with Gasteiger partial charge in [-0.15, -0.1) is 12.4 Å². The Morgan fingerprint density at radius 3 is 2.33 bits per heavy atom. The van der Waals surface area contributed by atoms with Crippen molar-refractivity contribution < 1.29 is 9.53 Å². The van der Waals surface area contributed by atoms with Crippen LogP contribution >= 0.6 is 12.4 Å². The number of anilines is 1. The van der Waals surface area contributed by atoms with E-state index < -0.39 is 6.04 Å². The van der Waals surface area contributed by atoms with Crippen LogP contribution in [0.5, 0.6) is 5.75 Å². The Bertz CT molecular complexity index is 558. The molecule has 1 unspecified atom stereocenters. The zero-order chi connectivity index (χ0) is 14.4. The third kappa shape index (κ3) is 5.10. The Labute approximate surface area is 130 Å². The summed E-state index contributed by atoms with van der Waals surface area (Å²) in [6, 6.07) is 16.3. The zero-order valence-electron chi connectivity index (χ0n) is 11.8. The second kappa shape index (κ2) is 8.29. The molecule has 0 saturated heterocycles. The molecule has 0 aliphatic heterocycles. The molecule has 2 aromatic carbocycles. The summed E-state index contributed by atoms with van der Waals surface area (Å²) in [5.74, 6) is 0.551. The fourth-order valence-corrected chi connectivity index (χ4v) is 1.87. The molecule has 0 aliphatic carbocycles. The van der Waals surface area contributed by atoms with Gasteiger partial charge in [0.05, 0.1) is 13.2 Å². The van der Waals surface area contributed by atoms with Crippen molar-refractivity contribution in [2.45, 2.75) is 12.5 Å². The van der Waals surface area contributed by atoms with Crippen LogP contribution in [0.1, 0.15) is 5.56 Å². The Balaban J connectivity index is 0.00000220. The Morgan fingerprint density at radius 1 is 1.14 bits per heavy atom. The highest BCUT2D eigenvalue weighted by Crippen LogP contribution is 2.15. The summed E-state index contributed by atoms with van der Waals surface area (Å²) in [4.78, 5) is 12.0. The van der Waals surface area contributed by atoms with E-state index in [1.807, 2.05) is 30.3 Å². The summed E-state index contributed by atoms with van der Waals surface area (Å²) in [6.07, 6.45) is 0.517. The van der Waals surface area contributed by atoms with Crippen molar-refractivity contribution in [1.82, 2.24) is 0 Å². The summed E-state index contributed by atoms with van der Waals surface area (Å²) < 4.78 is 5.06. The second-order valence-electron chi connectivity index (χ2n) is 4.51. The average molecular weight is 307 g/mol. The Hall–Kier alpha value is -2.04. The van der Waals surface area contributed by atoms with Gasteiger partial charge in [0.1, 0.15) is 5.75 Å². The van der Waals surface area contributed by atoms with Crippen molar-refractivity contribution in [3.63, 3.8) is 0 Å². The van der Waals surface area contributed by atoms with Gasteiger partial charge in [-0.3, -0.25) is 4.79 Å². The summed E-state index contributed by atoms with van der Waals surface area (Å²) in [5.41, 5.74) is 7.67. The molecule has 0 saturated carbocycles. The van der Waals surface area contributed by atoms with Gasteiger partial charge in [-0.1, -0.05) is 30.3 Å². The molecule has 112 valence electrons. The number of halogens is 1. The number of carbonyl (C=O) groups is 1. The number of methoxy groups -OCH3 is 1. The minimum absolute atomic E-state index is 0. The molecule has 0 aliphatic rings. The summed E-state index contributed by atoms with van der Waals surface area (Å²) >= 11 is 0. The quantitative estimate of drug-likeness (QED) is 0.892. The standard InChI is InChI=1S/C16H18N2O2.ClH/c1-20-14-9-7-13(8-10-14)18-16(19)15(17)11-12-5-3-2-4-6-12;/h2-10,15H,11,17H2,1H3,(H,18,19);1H. The molecule has 0 bridgehead atoms. The molecular weight excluding hydrogens is 288 g/mol. The van der Waals surface area contributed by atoms with E-state index in [9.17, 15) is 4.79 Å². The van der Waals surface area contributed by atoms with Gasteiger partial charge in [0.25, 0.3) is 0 Å². The van der Waals surface area contributed by atoms with Crippen LogP contribution in [-0.4, -0.2) is 19.1 Å². The van der Waals surface area contributed by atoms with Gasteiger partial charge in [0.15, 0.2) is 0 Å². The summed E-state index contributed by atoms with van der Waals surface area (Å²) in [6.45, 7) is 0. The zero-order valence-corrected chi connectivity index (χ0v) is 12.6. The van der Waals surface area contributed by atoms with Crippen molar-refractivity contribution in [2.24, 2.45) is 5.73 Å². The van der Waals surface area contributed by atoms with Gasteiger partial charge >= 0.3 is 0 Å². The van der Waals surface area contributed by atoms with Crippen LogP contribution in [0.4, 0.5) is 5.69 Å². The predicted octanol–water partition coefficient (Wildman–Crippen LogP) is 2.63. The molecule has 2 rings (SSSR count). The fraction of sp³-hybridized carbons (Fsp3) is 0.188. The number of nitrogens with two attached hydrogens (primary N) is 1. The topological polar surface area (TPSA) is 64.3 Å². The van der Waals surface area contributed by atoms with Crippen molar-refractivity contribution in [1.29, 1.82) is 0 Å². The van der Waals surface area contributed by atoms with Crippen LogP contribution in [0.25, 0.3) is 0 Å². The van der Waals surface area contributed by atoms with Crippen LogP contribution in [-0.2, 0) is 11.2 Å². The molecule has 1 amide bonds. The maximum Gasteiger partial charge on any atom is 0.241 e. The molecule has 2 aromatic rings. The van der Waals surface area contributed by atoms with Crippen molar-refractivity contribution >= 4 is 24.0 Å². The highest BCUT2D eigenvalue weighted by atomic mass is 35.5. The lowest BCUT2D eigenvalue weighted by molar-refractivity contribution is -0.117. The monoisotopic (exact) mass is 306 g/mol. The van der Waals surface area contributed by atoms with E-state index in [-0.39, 0.29) is 18.3 Å². The molecule has 0 spiro atoms. The second-order valence-corrected chi connectivity index (χ2v) is 4.51. The number of rotatable bonds is 5. The van der Waals surface area contributed by atoms with Crippen molar-refractivity contribution in [3.8, 4) is 5.75 Å². The van der Waals surface area contributed by atoms with Gasteiger partial charge in [0, 0.05) is 5.69 Å². The van der Waals surface area contributed by atoms with Crippen LogP contribution in [0, 0.1) is 0 Å². The lowest BCUT2D eigenvalue weighted by Crippen LogP contribution is -2.37. The Morgan fingerprint density at radius 2 is 1.76 bits per heavy atom. The largest absolute Gasteiger partial charge is 0.497 e. The van der Waals surface area contributed by atoms with Crippen LogP contribution in [0.3, 0.4) is 0 Å². The number of amides is 1. The molecule has 0 radical (unpaired) electrons. The van der Waals surface area contributed by atoms with E-state index in [2.05, 4.69) is 5.32 Å². The highest BCUT2D eigenvalue weighted by molar-refractivity contribution is 5.94.